The van der Waals surface area contributed by atoms with E-state index < -0.39 is 0 Å². The van der Waals surface area contributed by atoms with E-state index in [0.717, 1.165) is 11.3 Å². The summed E-state index contributed by atoms with van der Waals surface area (Å²) >= 11 is 25.4. The van der Waals surface area contributed by atoms with E-state index in [2.05, 4.69) is 22.3 Å². The molecule has 29 heavy (non-hydrogen) atoms. The third-order valence-electron chi connectivity index (χ3n) is 4.25. The van der Waals surface area contributed by atoms with Gasteiger partial charge in [0, 0.05) is 26.2 Å². The van der Waals surface area contributed by atoms with Crippen LogP contribution in [0.5, 0.6) is 0 Å². The lowest BCUT2D eigenvalue weighted by Gasteiger charge is -2.19. The summed E-state index contributed by atoms with van der Waals surface area (Å²) in [7, 11) is 4.00. The maximum absolute atomic E-state index is 6.36. The molecule has 0 unspecified atom stereocenters. The zero-order valence-corrected chi connectivity index (χ0v) is 18.9. The molecule has 0 fully saturated rings. The minimum absolute atomic E-state index is 0.461. The molecular formula is C22H19Cl4N3. The Kier molecular flexibility index (Phi) is 7.31. The van der Waals surface area contributed by atoms with Gasteiger partial charge in [-0.3, -0.25) is 0 Å². The number of anilines is 2. The highest BCUT2D eigenvalue weighted by Gasteiger charge is 2.14. The number of halogens is 4. The van der Waals surface area contributed by atoms with Crippen LogP contribution in [0.25, 0.3) is 0 Å². The minimum atomic E-state index is 0.461. The fraction of sp³-hybridized carbons (Fsp3) is 0.136. The Labute approximate surface area is 190 Å². The number of amidine groups is 1. The van der Waals surface area contributed by atoms with E-state index in [1.54, 1.807) is 36.4 Å². The van der Waals surface area contributed by atoms with E-state index in [4.69, 9.17) is 51.4 Å². The predicted octanol–water partition coefficient (Wildman–Crippen LogP) is 7.75. The Hall–Kier alpha value is -1.91. The smallest absolute Gasteiger partial charge is 0.111 e. The molecule has 3 rings (SSSR count). The molecule has 0 aliphatic rings. The molecule has 0 aliphatic carbocycles. The molecule has 150 valence electrons. The molecule has 3 aromatic carbocycles. The first-order valence-corrected chi connectivity index (χ1v) is 10.4. The van der Waals surface area contributed by atoms with Crippen LogP contribution in [0.1, 0.15) is 5.56 Å². The van der Waals surface area contributed by atoms with Crippen molar-refractivity contribution in [3.63, 3.8) is 0 Å². The molecular weight excluding hydrogens is 448 g/mol. The van der Waals surface area contributed by atoms with Crippen molar-refractivity contribution in [2.24, 2.45) is 4.99 Å². The molecule has 0 heterocycles. The normalized spacial score (nSPS) is 11.4. The molecule has 1 N–H and O–H groups in total. The third-order valence-corrected chi connectivity index (χ3v) is 5.49. The number of para-hydroxylation sites is 3. The van der Waals surface area contributed by atoms with Crippen molar-refractivity contribution in [1.82, 2.24) is 0 Å². The molecule has 3 aromatic rings. The third kappa shape index (κ3) is 5.37. The van der Waals surface area contributed by atoms with Crippen LogP contribution in [0.2, 0.25) is 20.1 Å². The first kappa shape index (κ1) is 21.8. The summed E-state index contributed by atoms with van der Waals surface area (Å²) in [6, 6.07) is 18.7. The van der Waals surface area contributed by atoms with Crippen LogP contribution < -0.4 is 10.2 Å². The highest BCUT2D eigenvalue weighted by Crippen LogP contribution is 2.35. The lowest BCUT2D eigenvalue weighted by Crippen LogP contribution is -2.18. The van der Waals surface area contributed by atoms with Gasteiger partial charge in [-0.05, 0) is 35.9 Å². The Bertz CT molecular complexity index is 1010. The number of nitrogens with zero attached hydrogens (tertiary/aromatic N) is 2. The van der Waals surface area contributed by atoms with Crippen molar-refractivity contribution in [2.45, 2.75) is 6.42 Å². The summed E-state index contributed by atoms with van der Waals surface area (Å²) in [4.78, 5) is 6.79. The largest absolute Gasteiger partial charge is 0.377 e. The van der Waals surface area contributed by atoms with Crippen LogP contribution in [0.15, 0.2) is 65.7 Å². The summed E-state index contributed by atoms with van der Waals surface area (Å²) in [5, 5.41) is 5.20. The SMILES string of the molecule is CN(C)c1ccccc1CC(=Nc1c(Cl)cccc1Cl)Nc1c(Cl)cccc1Cl. The van der Waals surface area contributed by atoms with Gasteiger partial charge in [-0.25, -0.2) is 4.99 Å². The average molecular weight is 467 g/mol. The lowest BCUT2D eigenvalue weighted by atomic mass is 10.1. The Morgan fingerprint density at radius 1 is 0.793 bits per heavy atom. The van der Waals surface area contributed by atoms with E-state index in [9.17, 15) is 0 Å². The van der Waals surface area contributed by atoms with E-state index >= 15 is 0 Å². The molecule has 3 nitrogen and oxygen atoms in total. The number of rotatable bonds is 5. The Morgan fingerprint density at radius 2 is 1.34 bits per heavy atom. The maximum Gasteiger partial charge on any atom is 0.111 e. The van der Waals surface area contributed by atoms with Crippen molar-refractivity contribution < 1.29 is 0 Å². The van der Waals surface area contributed by atoms with Gasteiger partial charge in [-0.15, -0.1) is 0 Å². The fourth-order valence-corrected chi connectivity index (χ4v) is 3.85. The van der Waals surface area contributed by atoms with Crippen LogP contribution >= 0.6 is 46.4 Å². The molecule has 7 heteroatoms. The van der Waals surface area contributed by atoms with Crippen LogP contribution in [0, 0.1) is 0 Å². The van der Waals surface area contributed by atoms with Crippen molar-refractivity contribution in [2.75, 3.05) is 24.3 Å². The predicted molar refractivity (Wildman–Crippen MR) is 128 cm³/mol. The molecule has 0 saturated heterocycles. The second-order valence-electron chi connectivity index (χ2n) is 6.55. The van der Waals surface area contributed by atoms with Gasteiger partial charge in [0.25, 0.3) is 0 Å². The Morgan fingerprint density at radius 3 is 1.93 bits per heavy atom. The summed E-state index contributed by atoms with van der Waals surface area (Å²) < 4.78 is 0. The summed E-state index contributed by atoms with van der Waals surface area (Å²) in [5.41, 5.74) is 3.23. The van der Waals surface area contributed by atoms with Gasteiger partial charge < -0.3 is 10.2 Å². The van der Waals surface area contributed by atoms with Crippen LogP contribution in [0.3, 0.4) is 0 Å². The molecule has 0 atom stereocenters. The number of hydrogen-bond acceptors (Lipinski definition) is 2. The second kappa shape index (κ2) is 9.73. The molecule has 0 radical (unpaired) electrons. The molecule has 0 amide bonds. The Balaban J connectivity index is 2.08. The molecule has 0 aromatic heterocycles. The van der Waals surface area contributed by atoms with Gasteiger partial charge in [0.2, 0.25) is 0 Å². The fourth-order valence-electron chi connectivity index (χ4n) is 2.88. The zero-order chi connectivity index (χ0) is 21.0. The van der Waals surface area contributed by atoms with Crippen molar-refractivity contribution in [1.29, 1.82) is 0 Å². The van der Waals surface area contributed by atoms with Crippen LogP contribution in [-0.4, -0.2) is 19.9 Å². The van der Waals surface area contributed by atoms with Crippen LogP contribution in [-0.2, 0) is 6.42 Å². The maximum atomic E-state index is 6.36. The van der Waals surface area contributed by atoms with Gasteiger partial charge in [-0.1, -0.05) is 76.7 Å². The quantitative estimate of drug-likeness (QED) is 0.307. The number of benzene rings is 3. The van der Waals surface area contributed by atoms with Gasteiger partial charge in [0.1, 0.15) is 11.5 Å². The van der Waals surface area contributed by atoms with E-state index in [-0.39, 0.29) is 0 Å². The zero-order valence-electron chi connectivity index (χ0n) is 15.9. The monoisotopic (exact) mass is 465 g/mol. The van der Waals surface area contributed by atoms with Crippen molar-refractivity contribution in [3.05, 3.63) is 86.3 Å². The second-order valence-corrected chi connectivity index (χ2v) is 8.18. The molecule has 0 aliphatic heterocycles. The standard InChI is InChI=1S/C22H19Cl4N3/c1-29(2)19-12-4-3-7-14(19)13-20(27-21-15(23)8-5-9-16(21)24)28-22-17(25)10-6-11-18(22)26/h3-12H,13H2,1-2H3,(H,27,28). The van der Waals surface area contributed by atoms with Gasteiger partial charge >= 0.3 is 0 Å². The molecule has 0 saturated carbocycles. The van der Waals surface area contributed by atoms with Crippen molar-refractivity contribution in [3.8, 4) is 0 Å². The van der Waals surface area contributed by atoms with E-state index in [1.165, 1.54) is 0 Å². The average Bonchev–Trinajstić information content (AvgIpc) is 2.68. The topological polar surface area (TPSA) is 27.6 Å². The van der Waals surface area contributed by atoms with Gasteiger partial charge in [-0.2, -0.15) is 0 Å². The van der Waals surface area contributed by atoms with Crippen molar-refractivity contribution >= 4 is 69.3 Å². The summed E-state index contributed by atoms with van der Waals surface area (Å²) in [5.74, 6) is 0.615. The summed E-state index contributed by atoms with van der Waals surface area (Å²) in [6.07, 6.45) is 0.497. The van der Waals surface area contributed by atoms with Gasteiger partial charge in [0.15, 0.2) is 0 Å². The first-order valence-electron chi connectivity index (χ1n) is 8.84. The summed E-state index contributed by atoms with van der Waals surface area (Å²) in [6.45, 7) is 0. The first-order chi connectivity index (χ1) is 13.9. The lowest BCUT2D eigenvalue weighted by molar-refractivity contribution is 1.10. The molecule has 0 bridgehead atoms. The number of hydrogen-bond donors (Lipinski definition) is 1. The van der Waals surface area contributed by atoms with Gasteiger partial charge in [0.05, 0.1) is 25.8 Å². The highest BCUT2D eigenvalue weighted by molar-refractivity contribution is 6.40. The van der Waals surface area contributed by atoms with Crippen LogP contribution in [0.4, 0.5) is 17.1 Å². The number of aliphatic imine (C=N–C) groups is 1. The van der Waals surface area contributed by atoms with E-state index in [1.807, 2.05) is 26.2 Å². The number of nitrogens with one attached hydrogen (secondary N) is 1. The van der Waals surface area contributed by atoms with E-state index in [0.29, 0.717) is 43.7 Å². The molecule has 0 spiro atoms. The minimum Gasteiger partial charge on any atom is -0.377 e. The highest BCUT2D eigenvalue weighted by atomic mass is 35.5.